The summed E-state index contributed by atoms with van der Waals surface area (Å²) < 4.78 is 0. The van der Waals surface area contributed by atoms with Crippen molar-refractivity contribution in [3.8, 4) is 0 Å². The van der Waals surface area contributed by atoms with Gasteiger partial charge in [-0.2, -0.15) is 11.3 Å². The third-order valence-electron chi connectivity index (χ3n) is 1.89. The van der Waals surface area contributed by atoms with Crippen LogP contribution in [0.3, 0.4) is 0 Å². The van der Waals surface area contributed by atoms with E-state index in [0.29, 0.717) is 0 Å². The Bertz CT molecular complexity index is 258. The van der Waals surface area contributed by atoms with E-state index >= 15 is 0 Å². The molecule has 66 valence electrons. The summed E-state index contributed by atoms with van der Waals surface area (Å²) >= 11 is 1.55. The topological polar surface area (TPSA) is 63.3 Å². The van der Waals surface area contributed by atoms with Crippen molar-refractivity contribution in [1.82, 2.24) is 0 Å². The number of hydrogen-bond donors (Lipinski definition) is 2. The summed E-state index contributed by atoms with van der Waals surface area (Å²) in [5.41, 5.74) is 6.45. The lowest BCUT2D eigenvalue weighted by Gasteiger charge is -2.13. The maximum absolute atomic E-state index is 10.5. The van der Waals surface area contributed by atoms with E-state index in [9.17, 15) is 4.79 Å². The van der Waals surface area contributed by atoms with Gasteiger partial charge in [-0.1, -0.05) is 6.92 Å². The molecule has 0 aliphatic heterocycles. The first-order valence-corrected chi connectivity index (χ1v) is 4.57. The van der Waals surface area contributed by atoms with Crippen LogP contribution in [-0.4, -0.2) is 17.1 Å². The van der Waals surface area contributed by atoms with Crippen LogP contribution in [0.2, 0.25) is 0 Å². The zero-order chi connectivity index (χ0) is 9.14. The normalized spacial score (nSPS) is 15.5. The number of nitrogens with two attached hydrogens (primary N) is 1. The minimum atomic E-state index is -0.950. The maximum Gasteiger partial charge on any atom is 0.321 e. The van der Waals surface area contributed by atoms with Gasteiger partial charge in [0, 0.05) is 5.92 Å². The predicted molar refractivity (Wildman–Crippen MR) is 48.3 cm³/mol. The van der Waals surface area contributed by atoms with Crippen LogP contribution in [0.25, 0.3) is 0 Å². The number of hydrogen-bond acceptors (Lipinski definition) is 3. The van der Waals surface area contributed by atoms with E-state index in [1.54, 1.807) is 11.3 Å². The molecule has 1 aromatic heterocycles. The van der Waals surface area contributed by atoms with Crippen molar-refractivity contribution in [2.24, 2.45) is 5.73 Å². The average Bonchev–Trinajstić information content (AvgIpc) is 2.53. The fraction of sp³-hybridized carbons (Fsp3) is 0.375. The van der Waals surface area contributed by atoms with E-state index in [1.807, 2.05) is 23.8 Å². The van der Waals surface area contributed by atoms with Crippen LogP contribution in [0.1, 0.15) is 18.4 Å². The van der Waals surface area contributed by atoms with E-state index in [2.05, 4.69) is 0 Å². The highest BCUT2D eigenvalue weighted by atomic mass is 32.1. The molecular formula is C8H11NO2S. The third-order valence-corrected chi connectivity index (χ3v) is 2.59. The Morgan fingerprint density at radius 3 is 2.83 bits per heavy atom. The molecule has 0 aliphatic carbocycles. The summed E-state index contributed by atoms with van der Waals surface area (Å²) in [4.78, 5) is 10.5. The van der Waals surface area contributed by atoms with Gasteiger partial charge in [0.25, 0.3) is 0 Å². The molecule has 1 heterocycles. The smallest absolute Gasteiger partial charge is 0.321 e. The van der Waals surface area contributed by atoms with Crippen LogP contribution in [0.5, 0.6) is 0 Å². The summed E-state index contributed by atoms with van der Waals surface area (Å²) in [6.07, 6.45) is 0. The van der Waals surface area contributed by atoms with Gasteiger partial charge in [-0.3, -0.25) is 4.79 Å². The fourth-order valence-corrected chi connectivity index (χ4v) is 1.72. The van der Waals surface area contributed by atoms with Crippen LogP contribution >= 0.6 is 11.3 Å². The Hall–Kier alpha value is -0.870. The molecule has 2 atom stereocenters. The molecule has 3 N–H and O–H groups in total. The molecule has 0 saturated heterocycles. The molecule has 0 amide bonds. The van der Waals surface area contributed by atoms with Gasteiger partial charge in [0.05, 0.1) is 0 Å². The highest BCUT2D eigenvalue weighted by molar-refractivity contribution is 7.07. The number of aliphatic carboxylic acids is 1. The third kappa shape index (κ3) is 1.84. The van der Waals surface area contributed by atoms with Crippen LogP contribution in [-0.2, 0) is 4.79 Å². The maximum atomic E-state index is 10.5. The second-order valence-corrected chi connectivity index (χ2v) is 3.49. The lowest BCUT2D eigenvalue weighted by molar-refractivity contribution is -0.138. The van der Waals surface area contributed by atoms with Crippen LogP contribution in [0, 0.1) is 0 Å². The van der Waals surface area contributed by atoms with Gasteiger partial charge >= 0.3 is 5.97 Å². The first-order chi connectivity index (χ1) is 5.63. The molecular weight excluding hydrogens is 174 g/mol. The first kappa shape index (κ1) is 9.22. The van der Waals surface area contributed by atoms with Crippen LogP contribution in [0.4, 0.5) is 0 Å². The standard InChI is InChI=1S/C8H11NO2S/c1-5(7(9)8(10)11)6-2-3-12-4-6/h2-5,7H,9H2,1H3,(H,10,11). The van der Waals surface area contributed by atoms with Gasteiger partial charge in [-0.25, -0.2) is 0 Å². The second kappa shape index (κ2) is 3.69. The molecule has 0 bridgehead atoms. The van der Waals surface area contributed by atoms with E-state index in [4.69, 9.17) is 10.8 Å². The Balaban J connectivity index is 2.71. The zero-order valence-electron chi connectivity index (χ0n) is 6.73. The summed E-state index contributed by atoms with van der Waals surface area (Å²) in [5, 5.41) is 12.5. The minimum Gasteiger partial charge on any atom is -0.480 e. The summed E-state index contributed by atoms with van der Waals surface area (Å²) in [5.74, 6) is -1.07. The Morgan fingerprint density at radius 1 is 1.75 bits per heavy atom. The van der Waals surface area contributed by atoms with Crippen LogP contribution < -0.4 is 5.73 Å². The van der Waals surface area contributed by atoms with E-state index in [0.717, 1.165) is 5.56 Å². The molecule has 12 heavy (non-hydrogen) atoms. The monoisotopic (exact) mass is 185 g/mol. The number of thiophene rings is 1. The number of carboxylic acids is 1. The molecule has 3 nitrogen and oxygen atoms in total. The van der Waals surface area contributed by atoms with Gasteiger partial charge in [0.1, 0.15) is 6.04 Å². The average molecular weight is 185 g/mol. The Kier molecular flexibility index (Phi) is 2.83. The lowest BCUT2D eigenvalue weighted by atomic mass is 9.97. The van der Waals surface area contributed by atoms with Crippen molar-refractivity contribution in [3.63, 3.8) is 0 Å². The zero-order valence-corrected chi connectivity index (χ0v) is 7.54. The van der Waals surface area contributed by atoms with E-state index < -0.39 is 12.0 Å². The molecule has 0 fully saturated rings. The van der Waals surface area contributed by atoms with Crippen molar-refractivity contribution in [3.05, 3.63) is 22.4 Å². The van der Waals surface area contributed by atoms with Crippen LogP contribution in [0.15, 0.2) is 16.8 Å². The second-order valence-electron chi connectivity index (χ2n) is 2.71. The molecule has 0 spiro atoms. The van der Waals surface area contributed by atoms with Gasteiger partial charge in [-0.05, 0) is 22.4 Å². The number of rotatable bonds is 3. The van der Waals surface area contributed by atoms with Crippen molar-refractivity contribution < 1.29 is 9.90 Å². The summed E-state index contributed by atoms with van der Waals surface area (Å²) in [6.45, 7) is 1.82. The highest BCUT2D eigenvalue weighted by Gasteiger charge is 2.21. The van der Waals surface area contributed by atoms with Crippen molar-refractivity contribution in [2.45, 2.75) is 18.9 Å². The lowest BCUT2D eigenvalue weighted by Crippen LogP contribution is -2.35. The van der Waals surface area contributed by atoms with Crippen molar-refractivity contribution in [1.29, 1.82) is 0 Å². The minimum absolute atomic E-state index is 0.117. The largest absolute Gasteiger partial charge is 0.480 e. The SMILES string of the molecule is CC(c1ccsc1)C(N)C(=O)O. The molecule has 0 radical (unpaired) electrons. The fourth-order valence-electron chi connectivity index (χ4n) is 0.955. The van der Waals surface area contributed by atoms with Crippen molar-refractivity contribution >= 4 is 17.3 Å². The summed E-state index contributed by atoms with van der Waals surface area (Å²) in [6, 6.07) is 1.09. The quantitative estimate of drug-likeness (QED) is 0.745. The highest BCUT2D eigenvalue weighted by Crippen LogP contribution is 2.20. The van der Waals surface area contributed by atoms with E-state index in [1.165, 1.54) is 0 Å². The molecule has 0 saturated carbocycles. The van der Waals surface area contributed by atoms with Gasteiger partial charge in [-0.15, -0.1) is 0 Å². The first-order valence-electron chi connectivity index (χ1n) is 3.63. The van der Waals surface area contributed by atoms with Gasteiger partial charge in [0.2, 0.25) is 0 Å². The van der Waals surface area contributed by atoms with E-state index in [-0.39, 0.29) is 5.92 Å². The molecule has 4 heteroatoms. The molecule has 0 aromatic carbocycles. The Labute approximate surface area is 74.8 Å². The number of carboxylic acid groups (broad SMARTS) is 1. The Morgan fingerprint density at radius 2 is 2.42 bits per heavy atom. The molecule has 1 rings (SSSR count). The van der Waals surface area contributed by atoms with Gasteiger partial charge in [0.15, 0.2) is 0 Å². The predicted octanol–water partition coefficient (Wildman–Crippen LogP) is 1.26. The van der Waals surface area contributed by atoms with Crippen molar-refractivity contribution in [2.75, 3.05) is 0 Å². The molecule has 2 unspecified atom stereocenters. The van der Waals surface area contributed by atoms with Gasteiger partial charge < -0.3 is 10.8 Å². The summed E-state index contributed by atoms with van der Waals surface area (Å²) in [7, 11) is 0. The number of carbonyl (C=O) groups is 1. The molecule has 1 aromatic rings. The molecule has 0 aliphatic rings.